The Morgan fingerprint density at radius 2 is 1.58 bits per heavy atom. The van der Waals surface area contributed by atoms with Gasteiger partial charge >= 0.3 is 0 Å². The minimum Gasteiger partial charge on any atom is -0.309 e. The van der Waals surface area contributed by atoms with Gasteiger partial charge in [0, 0.05) is 21.7 Å². The van der Waals surface area contributed by atoms with Crippen LogP contribution in [0.3, 0.4) is 0 Å². The van der Waals surface area contributed by atoms with Crippen LogP contribution in [0.15, 0.2) is 78.9 Å². The van der Waals surface area contributed by atoms with E-state index in [9.17, 15) is 0 Å². The quantitative estimate of drug-likeness (QED) is 0.368. The second-order valence-electron chi connectivity index (χ2n) is 6.68. The Kier molecular flexibility index (Phi) is 3.69. The number of allylic oxidation sites excluding steroid dienone is 1. The third-order valence-corrected chi connectivity index (χ3v) is 5.41. The average molecular weight is 356 g/mol. The van der Waals surface area contributed by atoms with Crippen molar-refractivity contribution in [3.8, 4) is 16.8 Å². The SMILES string of the molecule is Clc1ccc(-c2ccccc2-n2c3c(c4ccccc42)CCC=C3)cc1. The van der Waals surface area contributed by atoms with Crippen LogP contribution in [0.4, 0.5) is 0 Å². The van der Waals surface area contributed by atoms with E-state index >= 15 is 0 Å². The lowest BCUT2D eigenvalue weighted by atomic mass is 10.0. The van der Waals surface area contributed by atoms with E-state index in [2.05, 4.69) is 77.4 Å². The van der Waals surface area contributed by atoms with E-state index in [-0.39, 0.29) is 0 Å². The normalized spacial score (nSPS) is 13.1. The maximum atomic E-state index is 6.10. The van der Waals surface area contributed by atoms with Crippen molar-refractivity contribution in [3.63, 3.8) is 0 Å². The van der Waals surface area contributed by atoms with Crippen molar-refractivity contribution >= 4 is 28.6 Å². The Labute approximate surface area is 158 Å². The van der Waals surface area contributed by atoms with Crippen molar-refractivity contribution in [2.75, 3.05) is 0 Å². The monoisotopic (exact) mass is 355 g/mol. The molecule has 0 saturated carbocycles. The molecule has 4 aromatic rings. The first-order valence-corrected chi connectivity index (χ1v) is 9.35. The molecule has 0 bridgehead atoms. The molecule has 5 rings (SSSR count). The zero-order valence-corrected chi connectivity index (χ0v) is 15.1. The van der Waals surface area contributed by atoms with Crippen LogP contribution >= 0.6 is 11.6 Å². The summed E-state index contributed by atoms with van der Waals surface area (Å²) in [5.41, 5.74) is 7.63. The molecule has 126 valence electrons. The van der Waals surface area contributed by atoms with Crippen LogP contribution in [0.25, 0.3) is 33.8 Å². The van der Waals surface area contributed by atoms with E-state index in [1.807, 2.05) is 12.1 Å². The smallest absolute Gasteiger partial charge is 0.0540 e. The van der Waals surface area contributed by atoms with Gasteiger partial charge in [0.2, 0.25) is 0 Å². The second-order valence-corrected chi connectivity index (χ2v) is 7.12. The highest BCUT2D eigenvalue weighted by Crippen LogP contribution is 2.37. The lowest BCUT2D eigenvalue weighted by Crippen LogP contribution is -2.02. The highest BCUT2D eigenvalue weighted by Gasteiger charge is 2.19. The largest absolute Gasteiger partial charge is 0.309 e. The van der Waals surface area contributed by atoms with Gasteiger partial charge in [-0.05, 0) is 54.3 Å². The van der Waals surface area contributed by atoms with Crippen LogP contribution in [0.2, 0.25) is 5.02 Å². The van der Waals surface area contributed by atoms with Crippen LogP contribution in [0.1, 0.15) is 17.7 Å². The van der Waals surface area contributed by atoms with Crippen molar-refractivity contribution in [1.82, 2.24) is 4.57 Å². The molecular weight excluding hydrogens is 338 g/mol. The van der Waals surface area contributed by atoms with Gasteiger partial charge in [0.1, 0.15) is 0 Å². The Bertz CT molecular complexity index is 1130. The molecule has 0 N–H and O–H groups in total. The average Bonchev–Trinajstić information content (AvgIpc) is 3.03. The Balaban J connectivity index is 1.83. The summed E-state index contributed by atoms with van der Waals surface area (Å²) in [5, 5.41) is 2.12. The summed E-state index contributed by atoms with van der Waals surface area (Å²) >= 11 is 6.10. The lowest BCUT2D eigenvalue weighted by Gasteiger charge is -2.16. The van der Waals surface area contributed by atoms with Gasteiger partial charge in [0.25, 0.3) is 0 Å². The Hall–Kier alpha value is -2.77. The molecule has 0 atom stereocenters. The fourth-order valence-corrected chi connectivity index (χ4v) is 4.11. The summed E-state index contributed by atoms with van der Waals surface area (Å²) in [5.74, 6) is 0. The van der Waals surface area contributed by atoms with Crippen LogP contribution in [0.5, 0.6) is 0 Å². The van der Waals surface area contributed by atoms with Gasteiger partial charge in [0.15, 0.2) is 0 Å². The van der Waals surface area contributed by atoms with E-state index in [4.69, 9.17) is 11.6 Å². The molecule has 0 aliphatic heterocycles. The molecule has 1 heterocycles. The number of aryl methyl sites for hydroxylation is 1. The van der Waals surface area contributed by atoms with Crippen molar-refractivity contribution in [2.24, 2.45) is 0 Å². The van der Waals surface area contributed by atoms with Crippen molar-refractivity contribution in [1.29, 1.82) is 0 Å². The molecule has 1 aliphatic rings. The van der Waals surface area contributed by atoms with Gasteiger partial charge in [-0.25, -0.2) is 0 Å². The third kappa shape index (κ3) is 2.40. The Morgan fingerprint density at radius 1 is 0.808 bits per heavy atom. The van der Waals surface area contributed by atoms with Crippen LogP contribution in [-0.4, -0.2) is 4.57 Å². The van der Waals surface area contributed by atoms with Gasteiger partial charge in [-0.1, -0.05) is 66.2 Å². The molecule has 0 saturated heterocycles. The fourth-order valence-electron chi connectivity index (χ4n) is 3.99. The summed E-state index contributed by atoms with van der Waals surface area (Å²) in [7, 11) is 0. The zero-order valence-electron chi connectivity index (χ0n) is 14.3. The molecule has 2 heteroatoms. The topological polar surface area (TPSA) is 4.93 Å². The molecule has 1 aromatic heterocycles. The van der Waals surface area contributed by atoms with Crippen LogP contribution in [0, 0.1) is 0 Å². The lowest BCUT2D eigenvalue weighted by molar-refractivity contribution is 0.968. The number of hydrogen-bond acceptors (Lipinski definition) is 0. The number of benzene rings is 3. The van der Waals surface area contributed by atoms with E-state index in [1.54, 1.807) is 0 Å². The van der Waals surface area contributed by atoms with Crippen LogP contribution < -0.4 is 0 Å². The highest BCUT2D eigenvalue weighted by atomic mass is 35.5. The summed E-state index contributed by atoms with van der Waals surface area (Å²) in [4.78, 5) is 0. The molecule has 1 nitrogen and oxygen atoms in total. The minimum atomic E-state index is 0.762. The number of aromatic nitrogens is 1. The van der Waals surface area contributed by atoms with E-state index in [0.29, 0.717) is 0 Å². The van der Waals surface area contributed by atoms with Crippen molar-refractivity contribution in [3.05, 3.63) is 95.2 Å². The fraction of sp³-hybridized carbons (Fsp3) is 0.0833. The van der Waals surface area contributed by atoms with Gasteiger partial charge in [0.05, 0.1) is 11.2 Å². The molecule has 0 unspecified atom stereocenters. The summed E-state index contributed by atoms with van der Waals surface area (Å²) in [6.07, 6.45) is 6.77. The number of fused-ring (bicyclic) bond motifs is 3. The van der Waals surface area contributed by atoms with E-state index in [1.165, 1.54) is 39.0 Å². The minimum absolute atomic E-state index is 0.762. The number of hydrogen-bond donors (Lipinski definition) is 0. The van der Waals surface area contributed by atoms with Crippen LogP contribution in [-0.2, 0) is 6.42 Å². The van der Waals surface area contributed by atoms with Gasteiger partial charge in [-0.2, -0.15) is 0 Å². The predicted molar refractivity (Wildman–Crippen MR) is 111 cm³/mol. The molecule has 0 spiro atoms. The van der Waals surface area contributed by atoms with Gasteiger partial charge < -0.3 is 4.57 Å². The summed E-state index contributed by atoms with van der Waals surface area (Å²) in [6.45, 7) is 0. The van der Waals surface area contributed by atoms with Gasteiger partial charge in [-0.15, -0.1) is 0 Å². The zero-order chi connectivity index (χ0) is 17.5. The highest BCUT2D eigenvalue weighted by molar-refractivity contribution is 6.30. The summed E-state index contributed by atoms with van der Waals surface area (Å²) < 4.78 is 2.41. The predicted octanol–water partition coefficient (Wildman–Crippen LogP) is 6.91. The van der Waals surface area contributed by atoms with E-state index < -0.39 is 0 Å². The molecule has 0 fully saturated rings. The molecular formula is C24H18ClN. The maximum Gasteiger partial charge on any atom is 0.0540 e. The number of rotatable bonds is 2. The molecule has 3 aromatic carbocycles. The second kappa shape index (κ2) is 6.19. The Morgan fingerprint density at radius 3 is 2.46 bits per heavy atom. The van der Waals surface area contributed by atoms with E-state index in [0.717, 1.165) is 17.9 Å². The number of halogens is 1. The molecule has 0 amide bonds. The first kappa shape index (κ1) is 15.5. The maximum absolute atomic E-state index is 6.10. The first-order valence-electron chi connectivity index (χ1n) is 8.97. The first-order chi connectivity index (χ1) is 12.8. The van der Waals surface area contributed by atoms with Gasteiger partial charge in [-0.3, -0.25) is 0 Å². The third-order valence-electron chi connectivity index (χ3n) is 5.16. The molecule has 26 heavy (non-hydrogen) atoms. The van der Waals surface area contributed by atoms with Crippen molar-refractivity contribution in [2.45, 2.75) is 12.8 Å². The van der Waals surface area contributed by atoms with Crippen molar-refractivity contribution < 1.29 is 0 Å². The standard InChI is InChI=1S/C24H18ClN/c25-18-15-13-17(14-16-18)19-7-1-4-10-22(19)26-23-11-5-2-8-20(23)21-9-3-6-12-24(21)26/h1-2,4-8,10-16H,3,9H2. The number of para-hydroxylation sites is 2. The molecule has 0 radical (unpaired) electrons. The molecule has 1 aliphatic carbocycles. The number of nitrogens with zero attached hydrogens (tertiary/aromatic N) is 1. The summed E-state index contributed by atoms with van der Waals surface area (Å²) in [6, 6.07) is 25.4.